The van der Waals surface area contributed by atoms with E-state index in [0.717, 1.165) is 28.7 Å². The van der Waals surface area contributed by atoms with Crippen LogP contribution < -0.4 is 19.6 Å². The van der Waals surface area contributed by atoms with Crippen molar-refractivity contribution in [3.8, 4) is 28.4 Å². The van der Waals surface area contributed by atoms with Gasteiger partial charge in [0.1, 0.15) is 0 Å². The molecule has 0 N–H and O–H groups in total. The normalized spacial score (nSPS) is 15.0. The van der Waals surface area contributed by atoms with Crippen LogP contribution in [-0.4, -0.2) is 39.7 Å². The van der Waals surface area contributed by atoms with E-state index >= 15 is 0 Å². The monoisotopic (exact) mass is 369 g/mol. The number of methoxy groups -OCH3 is 3. The number of fused-ring (bicyclic) bond motifs is 3. The van der Waals surface area contributed by atoms with Crippen LogP contribution in [0.4, 0.5) is 0 Å². The number of hydrogen-bond donors (Lipinski definition) is 0. The highest BCUT2D eigenvalue weighted by Crippen LogP contribution is 2.50. The molecule has 0 saturated carbocycles. The molecule has 2 aromatic rings. The molecule has 0 radical (unpaired) electrons. The maximum atomic E-state index is 12.2. The second kappa shape index (κ2) is 7.70. The Morgan fingerprint density at radius 3 is 2.44 bits per heavy atom. The molecular formula is C21H23NO5. The average molecular weight is 369 g/mol. The van der Waals surface area contributed by atoms with Crippen LogP contribution in [0.25, 0.3) is 11.1 Å². The largest absolute Gasteiger partial charge is 0.493 e. The number of benzene rings is 1. The van der Waals surface area contributed by atoms with Gasteiger partial charge in [0.15, 0.2) is 16.9 Å². The van der Waals surface area contributed by atoms with Crippen molar-refractivity contribution in [1.82, 2.24) is 4.90 Å². The fourth-order valence-corrected chi connectivity index (χ4v) is 3.76. The molecule has 6 heteroatoms. The first-order valence-corrected chi connectivity index (χ1v) is 8.69. The second-order valence-corrected chi connectivity index (χ2v) is 6.45. The number of amides is 1. The van der Waals surface area contributed by atoms with Crippen LogP contribution in [0.2, 0.25) is 0 Å². The van der Waals surface area contributed by atoms with E-state index in [2.05, 4.69) is 0 Å². The lowest BCUT2D eigenvalue weighted by Crippen LogP contribution is -2.23. The molecule has 0 fully saturated rings. The lowest BCUT2D eigenvalue weighted by atomic mass is 9.95. The summed E-state index contributed by atoms with van der Waals surface area (Å²) < 4.78 is 16.7. The van der Waals surface area contributed by atoms with Crippen molar-refractivity contribution in [2.45, 2.75) is 18.9 Å². The zero-order chi connectivity index (χ0) is 19.6. The Morgan fingerprint density at radius 2 is 1.81 bits per heavy atom. The van der Waals surface area contributed by atoms with Gasteiger partial charge in [-0.3, -0.25) is 9.59 Å². The van der Waals surface area contributed by atoms with Gasteiger partial charge in [-0.2, -0.15) is 0 Å². The van der Waals surface area contributed by atoms with Crippen molar-refractivity contribution < 1.29 is 19.0 Å². The van der Waals surface area contributed by atoms with Gasteiger partial charge in [-0.25, -0.2) is 0 Å². The SMILES string of the molecule is COc1cc2c(c(OC)c1OC)-c1cccc(=O)cc1C(N(C)C=O)CC2. The molecule has 1 aliphatic carbocycles. The smallest absolute Gasteiger partial charge is 0.209 e. The first-order valence-electron chi connectivity index (χ1n) is 8.69. The molecule has 1 unspecified atom stereocenters. The van der Waals surface area contributed by atoms with Gasteiger partial charge < -0.3 is 19.1 Å². The minimum atomic E-state index is -0.216. The minimum Gasteiger partial charge on any atom is -0.493 e. The molecule has 0 bridgehead atoms. The highest BCUT2D eigenvalue weighted by atomic mass is 16.5. The molecule has 1 amide bonds. The van der Waals surface area contributed by atoms with E-state index in [4.69, 9.17) is 14.2 Å². The van der Waals surface area contributed by atoms with E-state index in [0.29, 0.717) is 30.1 Å². The van der Waals surface area contributed by atoms with Crippen LogP contribution in [0.15, 0.2) is 35.1 Å². The summed E-state index contributed by atoms with van der Waals surface area (Å²) in [6.07, 6.45) is 2.17. The maximum absolute atomic E-state index is 12.2. The summed E-state index contributed by atoms with van der Waals surface area (Å²) in [5, 5.41) is 0. The van der Waals surface area contributed by atoms with Gasteiger partial charge in [-0.15, -0.1) is 0 Å². The van der Waals surface area contributed by atoms with Crippen molar-refractivity contribution in [3.05, 3.63) is 51.7 Å². The zero-order valence-electron chi connectivity index (χ0n) is 15.9. The second-order valence-electron chi connectivity index (χ2n) is 6.45. The van der Waals surface area contributed by atoms with E-state index in [1.165, 1.54) is 6.07 Å². The van der Waals surface area contributed by atoms with Gasteiger partial charge in [0.05, 0.1) is 27.4 Å². The number of carbonyl (C=O) groups excluding carboxylic acids is 1. The Hall–Kier alpha value is -3.02. The first-order chi connectivity index (χ1) is 13.0. The number of ether oxygens (including phenoxy) is 3. The molecular weight excluding hydrogens is 346 g/mol. The van der Waals surface area contributed by atoms with Crippen LogP contribution in [-0.2, 0) is 11.2 Å². The van der Waals surface area contributed by atoms with Gasteiger partial charge in [-0.05, 0) is 47.7 Å². The number of carbonyl (C=O) groups is 1. The third kappa shape index (κ3) is 3.23. The Bertz CT molecular complexity index is 925. The molecule has 0 heterocycles. The van der Waals surface area contributed by atoms with Gasteiger partial charge in [0.25, 0.3) is 0 Å². The molecule has 0 spiro atoms. The molecule has 6 nitrogen and oxygen atoms in total. The predicted molar refractivity (Wildman–Crippen MR) is 103 cm³/mol. The highest BCUT2D eigenvalue weighted by molar-refractivity contribution is 5.82. The molecule has 2 aromatic carbocycles. The maximum Gasteiger partial charge on any atom is 0.209 e. The van der Waals surface area contributed by atoms with Crippen LogP contribution in [0.1, 0.15) is 23.6 Å². The van der Waals surface area contributed by atoms with Crippen molar-refractivity contribution in [2.24, 2.45) is 0 Å². The van der Waals surface area contributed by atoms with Crippen molar-refractivity contribution in [1.29, 1.82) is 0 Å². The molecule has 1 atom stereocenters. The minimum absolute atomic E-state index is 0.108. The zero-order valence-corrected chi connectivity index (χ0v) is 15.9. The standard InChI is InChI=1S/C21H23NO5/c1-22(12-23)17-9-8-13-10-18(25-2)20(26-3)21(27-4)19(13)15-7-5-6-14(24)11-16(15)17/h5-7,10-12,17H,8-9H2,1-4H3. The van der Waals surface area contributed by atoms with Gasteiger partial charge in [-0.1, -0.05) is 12.1 Å². The lowest BCUT2D eigenvalue weighted by molar-refractivity contribution is -0.119. The average Bonchev–Trinajstić information content (AvgIpc) is 2.95. The van der Waals surface area contributed by atoms with Crippen LogP contribution >= 0.6 is 0 Å². The summed E-state index contributed by atoms with van der Waals surface area (Å²) in [4.78, 5) is 25.3. The number of rotatable bonds is 5. The summed E-state index contributed by atoms with van der Waals surface area (Å²) >= 11 is 0. The lowest BCUT2D eigenvalue weighted by Gasteiger charge is -2.24. The van der Waals surface area contributed by atoms with Crippen molar-refractivity contribution >= 4 is 6.41 Å². The molecule has 0 aromatic heterocycles. The number of aryl methyl sites for hydroxylation is 1. The Kier molecular flexibility index (Phi) is 5.35. The molecule has 1 aliphatic rings. The molecule has 0 saturated heterocycles. The van der Waals surface area contributed by atoms with Gasteiger partial charge in [0, 0.05) is 12.6 Å². The molecule has 27 heavy (non-hydrogen) atoms. The molecule has 0 aliphatic heterocycles. The fraction of sp³-hybridized carbons (Fsp3) is 0.333. The first kappa shape index (κ1) is 18.8. The van der Waals surface area contributed by atoms with Crippen LogP contribution in [0.3, 0.4) is 0 Å². The third-order valence-electron chi connectivity index (χ3n) is 5.02. The quantitative estimate of drug-likeness (QED) is 0.759. The summed E-state index contributed by atoms with van der Waals surface area (Å²) in [5.74, 6) is 1.64. The van der Waals surface area contributed by atoms with E-state index in [-0.39, 0.29) is 11.5 Å². The summed E-state index contributed by atoms with van der Waals surface area (Å²) in [7, 11) is 6.46. The Morgan fingerprint density at radius 1 is 1.07 bits per heavy atom. The van der Waals surface area contributed by atoms with E-state index in [1.54, 1.807) is 45.4 Å². The summed E-state index contributed by atoms with van der Waals surface area (Å²) in [5.41, 5.74) is 3.42. The van der Waals surface area contributed by atoms with Crippen molar-refractivity contribution in [2.75, 3.05) is 28.4 Å². The predicted octanol–water partition coefficient (Wildman–Crippen LogP) is 2.82. The van der Waals surface area contributed by atoms with Gasteiger partial charge in [0.2, 0.25) is 12.2 Å². The van der Waals surface area contributed by atoms with E-state index < -0.39 is 0 Å². The number of hydrogen-bond acceptors (Lipinski definition) is 5. The van der Waals surface area contributed by atoms with E-state index in [1.807, 2.05) is 12.1 Å². The topological polar surface area (TPSA) is 65.1 Å². The molecule has 3 rings (SSSR count). The number of nitrogens with zero attached hydrogens (tertiary/aromatic N) is 1. The molecule has 142 valence electrons. The van der Waals surface area contributed by atoms with Crippen LogP contribution in [0, 0.1) is 0 Å². The Labute approximate surface area is 158 Å². The van der Waals surface area contributed by atoms with Crippen molar-refractivity contribution in [3.63, 3.8) is 0 Å². The highest BCUT2D eigenvalue weighted by Gasteiger charge is 2.30. The van der Waals surface area contributed by atoms with E-state index in [9.17, 15) is 9.59 Å². The van der Waals surface area contributed by atoms with Crippen LogP contribution in [0.5, 0.6) is 17.2 Å². The third-order valence-corrected chi connectivity index (χ3v) is 5.02. The summed E-state index contributed by atoms with van der Waals surface area (Å²) in [6, 6.07) is 8.46. The van der Waals surface area contributed by atoms with Gasteiger partial charge >= 0.3 is 0 Å². The Balaban J connectivity index is 2.42. The summed E-state index contributed by atoms with van der Waals surface area (Å²) in [6.45, 7) is 0. The fourth-order valence-electron chi connectivity index (χ4n) is 3.76.